The zero-order valence-corrected chi connectivity index (χ0v) is 36.2. The van der Waals surface area contributed by atoms with E-state index in [1.165, 1.54) is 10.0 Å². The molecule has 1 spiro atoms. The Bertz CT molecular complexity index is 2480. The number of carbonyl (C=O) groups is 4. The average molecular weight is 855 g/mol. The van der Waals surface area contributed by atoms with Crippen molar-refractivity contribution in [3.05, 3.63) is 125 Å². The van der Waals surface area contributed by atoms with Gasteiger partial charge in [0.25, 0.3) is 5.91 Å². The Balaban J connectivity index is 1.11. The van der Waals surface area contributed by atoms with Crippen LogP contribution >= 0.6 is 0 Å². The maximum atomic E-state index is 16.8. The third-order valence-electron chi connectivity index (χ3n) is 13.2. The monoisotopic (exact) mass is 854 g/mol. The van der Waals surface area contributed by atoms with Gasteiger partial charge in [-0.15, -0.1) is 0 Å². The summed E-state index contributed by atoms with van der Waals surface area (Å²) >= 11 is 0. The largest absolute Gasteiger partial charge is 0.394 e. The fourth-order valence-corrected chi connectivity index (χ4v) is 12.8. The number of hydrogen-bond donors (Lipinski definition) is 1. The number of hydrogen-bond acceptors (Lipinski definition) is 8. The molecule has 0 saturated carbocycles. The normalized spacial score (nSPS) is 25.1. The zero-order chi connectivity index (χ0) is 43.3. The number of rotatable bonds is 10. The Labute approximate surface area is 361 Å². The van der Waals surface area contributed by atoms with Gasteiger partial charge in [-0.25, -0.2) is 10.0 Å². The fourth-order valence-electron chi connectivity index (χ4n) is 10.3. The van der Waals surface area contributed by atoms with Crippen molar-refractivity contribution in [3.63, 3.8) is 0 Å². The van der Waals surface area contributed by atoms with Crippen LogP contribution in [-0.2, 0) is 36.1 Å². The van der Waals surface area contributed by atoms with Gasteiger partial charge in [0, 0.05) is 49.3 Å². The maximum Gasteiger partial charge on any atom is 0.264 e. The summed E-state index contributed by atoms with van der Waals surface area (Å²) in [4.78, 5) is 59.6. The minimum absolute atomic E-state index is 0.0871. The summed E-state index contributed by atoms with van der Waals surface area (Å²) in [5.74, 6) is -1.68. The van der Waals surface area contributed by atoms with Crippen LogP contribution in [0.15, 0.2) is 113 Å². The summed E-state index contributed by atoms with van der Waals surface area (Å²) in [5, 5.41) is 22.4. The smallest absolute Gasteiger partial charge is 0.264 e. The van der Waals surface area contributed by atoms with E-state index in [0.717, 1.165) is 34.5 Å². The third kappa shape index (κ3) is 7.37. The number of nitrogens with zero attached hydrogens (tertiary/aromatic N) is 6. The number of benzene rings is 4. The molecule has 320 valence electrons. The van der Waals surface area contributed by atoms with Crippen LogP contribution in [0, 0.1) is 5.92 Å². The molecule has 62 heavy (non-hydrogen) atoms. The SMILES string of the molecule is C[C@@H]1[C@@H]([Si](C)(C)F)[C@H](CC(=O)N2CCC[C@H]2CO)O[C@@]12C(=O)N(Cc1cccc(N3N=C(c4ccccc4)CCC3=O)c1)c1ccc(N3N=C(c4ccccc4)CCC3=O)cc12. The van der Waals surface area contributed by atoms with E-state index in [0.29, 0.717) is 54.9 Å². The predicted octanol–water partition coefficient (Wildman–Crippen LogP) is 7.44. The molecule has 14 heteroatoms. The summed E-state index contributed by atoms with van der Waals surface area (Å²) in [6.45, 7) is 5.46. The van der Waals surface area contributed by atoms with Crippen LogP contribution in [0.5, 0.6) is 0 Å². The standard InChI is InChI=1S/C48H51FN6O6Si/c1-31-46(62(2,3)49)42(28-45(59)52-25-11-18-37(52)30-56)61-48(31)38-27-36(55-44(58)24-21-40(51-55)34-15-8-5-9-16-34)19-22-41(38)53(47(48)60)29-32-12-10-17-35(26-32)54-43(57)23-20-39(50-54)33-13-6-4-7-14-33/h4-10,12-17,19,22,26-27,31,37,42,46,56H,11,18,20-21,23-25,28-30H2,1-3H3/t31-,37+,42+,46-,48+/m1/s1. The Morgan fingerprint density at radius 1 is 0.823 bits per heavy atom. The summed E-state index contributed by atoms with van der Waals surface area (Å²) < 4.78 is 23.8. The lowest BCUT2D eigenvalue weighted by atomic mass is 9.82. The molecule has 5 heterocycles. The second-order valence-electron chi connectivity index (χ2n) is 17.5. The quantitative estimate of drug-likeness (QED) is 0.130. The van der Waals surface area contributed by atoms with E-state index in [4.69, 9.17) is 14.9 Å². The second-order valence-corrected chi connectivity index (χ2v) is 21.3. The van der Waals surface area contributed by atoms with E-state index in [-0.39, 0.29) is 49.8 Å². The Morgan fingerprint density at radius 2 is 1.44 bits per heavy atom. The zero-order valence-electron chi connectivity index (χ0n) is 35.2. The molecule has 0 unspecified atom stereocenters. The van der Waals surface area contributed by atoms with Gasteiger partial charge in [0.2, 0.25) is 26.1 Å². The molecule has 4 aromatic rings. The van der Waals surface area contributed by atoms with E-state index in [1.807, 2.05) is 91.9 Å². The van der Waals surface area contributed by atoms with E-state index in [2.05, 4.69) is 0 Å². The molecule has 5 atom stereocenters. The first-order valence-corrected chi connectivity index (χ1v) is 24.6. The number of amides is 4. The van der Waals surface area contributed by atoms with E-state index in [1.54, 1.807) is 41.1 Å². The first-order valence-electron chi connectivity index (χ1n) is 21.6. The molecule has 0 aliphatic carbocycles. The van der Waals surface area contributed by atoms with Crippen molar-refractivity contribution in [1.29, 1.82) is 0 Å². The van der Waals surface area contributed by atoms with Crippen LogP contribution in [0.25, 0.3) is 0 Å². The molecule has 12 nitrogen and oxygen atoms in total. The van der Waals surface area contributed by atoms with Crippen molar-refractivity contribution >= 4 is 60.5 Å². The minimum atomic E-state index is -3.64. The van der Waals surface area contributed by atoms with Crippen molar-refractivity contribution < 1.29 is 33.1 Å². The summed E-state index contributed by atoms with van der Waals surface area (Å²) in [6, 6.07) is 31.8. The number of carbonyl (C=O) groups excluding carboxylic acids is 4. The first-order chi connectivity index (χ1) is 29.9. The third-order valence-corrected chi connectivity index (χ3v) is 15.7. The van der Waals surface area contributed by atoms with Gasteiger partial charge in [0.05, 0.1) is 60.2 Å². The van der Waals surface area contributed by atoms with Gasteiger partial charge in [-0.05, 0) is 73.0 Å². The van der Waals surface area contributed by atoms with Crippen molar-refractivity contribution in [1.82, 2.24) is 4.90 Å². The highest BCUT2D eigenvalue weighted by Gasteiger charge is 2.67. The van der Waals surface area contributed by atoms with Gasteiger partial charge in [-0.1, -0.05) is 79.7 Å². The highest BCUT2D eigenvalue weighted by Crippen LogP contribution is 2.61. The van der Waals surface area contributed by atoms with Crippen LogP contribution in [-0.4, -0.2) is 78.8 Å². The first kappa shape index (κ1) is 41.5. The summed E-state index contributed by atoms with van der Waals surface area (Å²) in [7, 11) is -3.64. The van der Waals surface area contributed by atoms with Crippen LogP contribution in [0.1, 0.15) is 74.1 Å². The fraction of sp³-hybridized carbons (Fsp3) is 0.375. The number of fused-ring (bicyclic) bond motifs is 2. The molecule has 2 fully saturated rings. The number of hydrazone groups is 2. The Kier molecular flexibility index (Phi) is 11.0. The highest BCUT2D eigenvalue weighted by molar-refractivity contribution is 6.72. The molecular formula is C48H51FN6O6Si. The molecule has 0 radical (unpaired) electrons. The predicted molar refractivity (Wildman–Crippen MR) is 238 cm³/mol. The number of anilines is 3. The molecule has 1 N–H and O–H groups in total. The van der Waals surface area contributed by atoms with Gasteiger partial charge in [0.1, 0.15) is 0 Å². The molecule has 4 aromatic carbocycles. The molecular weight excluding hydrogens is 804 g/mol. The van der Waals surface area contributed by atoms with Gasteiger partial charge < -0.3 is 23.8 Å². The van der Waals surface area contributed by atoms with Crippen LogP contribution in [0.3, 0.4) is 0 Å². The minimum Gasteiger partial charge on any atom is -0.394 e. The number of ether oxygens (including phenoxy) is 1. The van der Waals surface area contributed by atoms with Crippen molar-refractivity contribution in [3.8, 4) is 0 Å². The lowest BCUT2D eigenvalue weighted by Crippen LogP contribution is -2.45. The van der Waals surface area contributed by atoms with Crippen molar-refractivity contribution in [2.24, 2.45) is 16.1 Å². The van der Waals surface area contributed by atoms with E-state index >= 15 is 8.90 Å². The lowest BCUT2D eigenvalue weighted by molar-refractivity contribution is -0.150. The molecule has 0 aromatic heterocycles. The summed E-state index contributed by atoms with van der Waals surface area (Å²) in [6.07, 6.45) is 1.91. The van der Waals surface area contributed by atoms with E-state index < -0.39 is 37.5 Å². The molecule has 5 aliphatic rings. The highest BCUT2D eigenvalue weighted by atomic mass is 28.4. The summed E-state index contributed by atoms with van der Waals surface area (Å²) in [5.41, 5.74) is 3.70. The number of halogens is 1. The molecule has 5 aliphatic heterocycles. The van der Waals surface area contributed by atoms with Gasteiger partial charge in [0.15, 0.2) is 5.60 Å². The van der Waals surface area contributed by atoms with Crippen molar-refractivity contribution in [2.45, 2.75) is 94.8 Å². The van der Waals surface area contributed by atoms with Crippen LogP contribution in [0.4, 0.5) is 21.2 Å². The van der Waals surface area contributed by atoms with Gasteiger partial charge in [-0.3, -0.25) is 19.2 Å². The second kappa shape index (κ2) is 16.5. The molecule has 2 saturated heterocycles. The Morgan fingerprint density at radius 3 is 2.03 bits per heavy atom. The van der Waals surface area contributed by atoms with E-state index in [9.17, 15) is 19.5 Å². The maximum absolute atomic E-state index is 16.8. The lowest BCUT2D eigenvalue weighted by Gasteiger charge is -2.32. The van der Waals surface area contributed by atoms with Gasteiger partial charge >= 0.3 is 0 Å². The molecule has 0 bridgehead atoms. The Hall–Kier alpha value is -5.83. The van der Waals surface area contributed by atoms with Crippen molar-refractivity contribution in [2.75, 3.05) is 28.1 Å². The molecule has 4 amide bonds. The molecule has 9 rings (SSSR count). The number of likely N-dealkylation sites (tertiary alicyclic amines) is 1. The topological polar surface area (TPSA) is 135 Å². The van der Waals surface area contributed by atoms with Crippen LogP contribution in [0.2, 0.25) is 18.6 Å². The average Bonchev–Trinajstić information content (AvgIpc) is 3.94. The number of aliphatic hydroxyl groups is 1. The number of aliphatic hydroxyl groups excluding tert-OH is 1. The van der Waals surface area contributed by atoms with Crippen LogP contribution < -0.4 is 14.9 Å². The van der Waals surface area contributed by atoms with Gasteiger partial charge in [-0.2, -0.15) is 10.2 Å².